The van der Waals surface area contributed by atoms with Crippen molar-refractivity contribution >= 4 is 5.91 Å². The highest BCUT2D eigenvalue weighted by atomic mass is 16.3. The van der Waals surface area contributed by atoms with Crippen molar-refractivity contribution in [3.8, 4) is 5.75 Å². The summed E-state index contributed by atoms with van der Waals surface area (Å²) >= 11 is 0. The van der Waals surface area contributed by atoms with Gasteiger partial charge in [0.05, 0.1) is 0 Å². The lowest BCUT2D eigenvalue weighted by atomic mass is 9.63. The highest BCUT2D eigenvalue weighted by molar-refractivity contribution is 5.77. The summed E-state index contributed by atoms with van der Waals surface area (Å²) in [5, 5.41) is 9.67. The highest BCUT2D eigenvalue weighted by Crippen LogP contribution is 2.42. The molecule has 96 valence electrons. The minimum atomic E-state index is -0.106. The molecular weight excluding hydrogens is 228 g/mol. The van der Waals surface area contributed by atoms with Crippen molar-refractivity contribution < 1.29 is 9.90 Å². The van der Waals surface area contributed by atoms with Gasteiger partial charge < -0.3 is 5.11 Å². The summed E-state index contributed by atoms with van der Waals surface area (Å²) in [6.45, 7) is 4.32. The molecule has 3 rings (SSSR count). The van der Waals surface area contributed by atoms with Crippen molar-refractivity contribution in [1.29, 1.82) is 0 Å². The monoisotopic (exact) mass is 246 g/mol. The van der Waals surface area contributed by atoms with E-state index in [2.05, 4.69) is 24.7 Å². The zero-order valence-corrected chi connectivity index (χ0v) is 10.7. The maximum absolute atomic E-state index is 11.5. The molecule has 1 aromatic carbocycles. The Hall–Kier alpha value is -1.55. The second-order valence-electron chi connectivity index (χ2n) is 5.90. The molecule has 4 heteroatoms. The van der Waals surface area contributed by atoms with Gasteiger partial charge >= 0.3 is 0 Å². The largest absolute Gasteiger partial charge is 0.508 e. The van der Waals surface area contributed by atoms with Crippen molar-refractivity contribution in [2.24, 2.45) is 5.92 Å². The van der Waals surface area contributed by atoms with Gasteiger partial charge in [0.1, 0.15) is 5.75 Å². The Morgan fingerprint density at radius 1 is 1.33 bits per heavy atom. The lowest BCUT2D eigenvalue weighted by molar-refractivity contribution is -0.126. The Kier molecular flexibility index (Phi) is 2.38. The molecule has 1 aliphatic heterocycles. The number of aromatic hydroxyl groups is 1. The topological polar surface area (TPSA) is 61.4 Å². The number of phenolic OH excluding ortho intramolecular Hbond substituents is 1. The van der Waals surface area contributed by atoms with E-state index in [1.165, 1.54) is 11.1 Å². The number of fused-ring (bicyclic) bond motifs is 2. The normalized spacial score (nSPS) is 29.1. The fraction of sp³-hybridized carbons (Fsp3) is 0.500. The Morgan fingerprint density at radius 2 is 2.11 bits per heavy atom. The number of carbonyl (C=O) groups excluding carboxylic acids is 1. The average Bonchev–Trinajstić information content (AvgIpc) is 2.30. The summed E-state index contributed by atoms with van der Waals surface area (Å²) < 4.78 is 0. The second kappa shape index (κ2) is 3.72. The van der Waals surface area contributed by atoms with Gasteiger partial charge in [0.15, 0.2) is 0 Å². The molecule has 3 N–H and O–H groups in total. The van der Waals surface area contributed by atoms with E-state index in [0.29, 0.717) is 18.1 Å². The molecule has 0 radical (unpaired) electrons. The van der Waals surface area contributed by atoms with Crippen LogP contribution in [0.4, 0.5) is 0 Å². The van der Waals surface area contributed by atoms with Gasteiger partial charge in [-0.05, 0) is 35.6 Å². The van der Waals surface area contributed by atoms with Crippen LogP contribution >= 0.6 is 0 Å². The van der Waals surface area contributed by atoms with Gasteiger partial charge in [-0.1, -0.05) is 19.9 Å². The number of phenols is 1. The lowest BCUT2D eigenvalue weighted by Crippen LogP contribution is -2.62. The number of carbonyl (C=O) groups is 1. The Morgan fingerprint density at radius 3 is 2.89 bits per heavy atom. The van der Waals surface area contributed by atoms with Gasteiger partial charge in [-0.3, -0.25) is 10.2 Å². The third-order valence-corrected chi connectivity index (χ3v) is 4.33. The Balaban J connectivity index is 2.07. The molecule has 2 unspecified atom stereocenters. The second-order valence-corrected chi connectivity index (χ2v) is 5.90. The fourth-order valence-electron chi connectivity index (χ4n) is 3.44. The zero-order valence-electron chi connectivity index (χ0n) is 10.7. The molecule has 4 nitrogen and oxygen atoms in total. The number of hydrogen-bond donors (Lipinski definition) is 3. The molecule has 1 fully saturated rings. The SMILES string of the molecule is CC1(C)c2cc(O)ccc2CC2CC(=O)NNC21. The van der Waals surface area contributed by atoms with Crippen molar-refractivity contribution in [3.05, 3.63) is 29.3 Å². The third kappa shape index (κ3) is 1.60. The molecule has 2 atom stereocenters. The lowest BCUT2D eigenvalue weighted by Gasteiger charge is -2.47. The predicted octanol–water partition coefficient (Wildman–Crippen LogP) is 1.24. The highest BCUT2D eigenvalue weighted by Gasteiger charge is 2.45. The van der Waals surface area contributed by atoms with Crippen LogP contribution in [0.25, 0.3) is 0 Å². The number of hydrogen-bond acceptors (Lipinski definition) is 3. The fourth-order valence-corrected chi connectivity index (χ4v) is 3.44. The zero-order chi connectivity index (χ0) is 12.9. The number of benzene rings is 1. The van der Waals surface area contributed by atoms with Crippen LogP contribution < -0.4 is 10.9 Å². The van der Waals surface area contributed by atoms with E-state index in [0.717, 1.165) is 6.42 Å². The number of nitrogens with one attached hydrogen (secondary N) is 2. The van der Waals surface area contributed by atoms with E-state index in [-0.39, 0.29) is 17.4 Å². The molecule has 1 aromatic rings. The molecule has 1 amide bonds. The maximum Gasteiger partial charge on any atom is 0.234 e. The van der Waals surface area contributed by atoms with Gasteiger partial charge in [0.25, 0.3) is 0 Å². The van der Waals surface area contributed by atoms with Crippen molar-refractivity contribution in [2.45, 2.75) is 38.1 Å². The van der Waals surface area contributed by atoms with Crippen LogP contribution in [0.3, 0.4) is 0 Å². The molecule has 1 heterocycles. The van der Waals surface area contributed by atoms with Crippen molar-refractivity contribution in [1.82, 2.24) is 10.9 Å². The van der Waals surface area contributed by atoms with Gasteiger partial charge in [0, 0.05) is 17.9 Å². The molecule has 1 saturated heterocycles. The number of rotatable bonds is 0. The summed E-state index contributed by atoms with van der Waals surface area (Å²) in [7, 11) is 0. The van der Waals surface area contributed by atoms with Gasteiger partial charge in [0.2, 0.25) is 5.91 Å². The van der Waals surface area contributed by atoms with E-state index in [4.69, 9.17) is 0 Å². The minimum Gasteiger partial charge on any atom is -0.508 e. The van der Waals surface area contributed by atoms with Crippen LogP contribution in [0.5, 0.6) is 5.75 Å². The third-order valence-electron chi connectivity index (χ3n) is 4.33. The number of amides is 1. The molecule has 0 saturated carbocycles. The molecular formula is C14H18N2O2. The van der Waals surface area contributed by atoms with E-state index >= 15 is 0 Å². The Bertz CT molecular complexity index is 511. The quantitative estimate of drug-likeness (QED) is 0.645. The van der Waals surface area contributed by atoms with Gasteiger partial charge in [-0.15, -0.1) is 0 Å². The van der Waals surface area contributed by atoms with Gasteiger partial charge in [-0.2, -0.15) is 0 Å². The molecule has 0 spiro atoms. The van der Waals surface area contributed by atoms with Crippen LogP contribution in [0.2, 0.25) is 0 Å². The van der Waals surface area contributed by atoms with Crippen molar-refractivity contribution in [2.75, 3.05) is 0 Å². The van der Waals surface area contributed by atoms with Crippen LogP contribution in [0.15, 0.2) is 18.2 Å². The van der Waals surface area contributed by atoms with Crippen LogP contribution in [-0.2, 0) is 16.6 Å². The van der Waals surface area contributed by atoms with E-state index < -0.39 is 0 Å². The van der Waals surface area contributed by atoms with E-state index in [1.54, 1.807) is 6.07 Å². The van der Waals surface area contributed by atoms with Gasteiger partial charge in [-0.25, -0.2) is 5.43 Å². The first-order valence-corrected chi connectivity index (χ1v) is 6.35. The molecule has 2 aliphatic rings. The van der Waals surface area contributed by atoms with Crippen molar-refractivity contribution in [3.63, 3.8) is 0 Å². The minimum absolute atomic E-state index is 0.0641. The van der Waals surface area contributed by atoms with Crippen LogP contribution in [0.1, 0.15) is 31.4 Å². The molecule has 0 bridgehead atoms. The first-order valence-electron chi connectivity index (χ1n) is 6.35. The predicted molar refractivity (Wildman–Crippen MR) is 68.0 cm³/mol. The summed E-state index contributed by atoms with van der Waals surface area (Å²) in [5.41, 5.74) is 8.18. The summed E-state index contributed by atoms with van der Waals surface area (Å²) in [5.74, 6) is 0.695. The molecule has 1 aliphatic carbocycles. The Labute approximate surface area is 106 Å². The maximum atomic E-state index is 11.5. The smallest absolute Gasteiger partial charge is 0.234 e. The molecule has 0 aromatic heterocycles. The van der Waals surface area contributed by atoms with Crippen LogP contribution in [-0.4, -0.2) is 17.1 Å². The summed E-state index contributed by atoms with van der Waals surface area (Å²) in [6, 6.07) is 5.77. The first-order chi connectivity index (χ1) is 8.48. The summed E-state index contributed by atoms with van der Waals surface area (Å²) in [4.78, 5) is 11.5. The summed E-state index contributed by atoms with van der Waals surface area (Å²) in [6.07, 6.45) is 1.46. The van der Waals surface area contributed by atoms with Crippen LogP contribution in [0, 0.1) is 5.92 Å². The first kappa shape index (κ1) is 11.5. The molecule has 18 heavy (non-hydrogen) atoms. The standard InChI is InChI=1S/C14H18N2O2/c1-14(2)11-7-10(17)4-3-8(11)5-9-6-12(18)15-16-13(9)14/h3-4,7,9,13,16-17H,5-6H2,1-2H3,(H,15,18). The number of hydrazine groups is 1. The average molecular weight is 246 g/mol. The van der Waals surface area contributed by atoms with E-state index in [9.17, 15) is 9.90 Å². The van der Waals surface area contributed by atoms with E-state index in [1.807, 2.05) is 12.1 Å².